The van der Waals surface area contributed by atoms with Crippen molar-refractivity contribution in [1.29, 1.82) is 0 Å². The fourth-order valence-electron chi connectivity index (χ4n) is 3.89. The van der Waals surface area contributed by atoms with Crippen molar-refractivity contribution in [1.82, 2.24) is 4.90 Å². The molecule has 1 saturated heterocycles. The summed E-state index contributed by atoms with van der Waals surface area (Å²) in [6.45, 7) is 11.6. The van der Waals surface area contributed by atoms with E-state index in [2.05, 4.69) is 23.4 Å². The number of piperazine rings is 1. The lowest BCUT2D eigenvalue weighted by Gasteiger charge is -2.35. The van der Waals surface area contributed by atoms with Gasteiger partial charge in [-0.2, -0.15) is 0 Å². The van der Waals surface area contributed by atoms with Crippen molar-refractivity contribution in [2.45, 2.75) is 19.3 Å². The molecule has 1 aliphatic heterocycles. The second kappa shape index (κ2) is 10.4. The van der Waals surface area contributed by atoms with Gasteiger partial charge in [-0.15, -0.1) is 6.58 Å². The third kappa shape index (κ3) is 5.60. The summed E-state index contributed by atoms with van der Waals surface area (Å²) in [7, 11) is 5.34. The Bertz CT molecular complexity index is 1050. The van der Waals surface area contributed by atoms with Crippen molar-refractivity contribution in [2.24, 2.45) is 0 Å². The van der Waals surface area contributed by atoms with Gasteiger partial charge in [-0.05, 0) is 49.0 Å². The highest BCUT2D eigenvalue weighted by Crippen LogP contribution is 2.36. The third-order valence-electron chi connectivity index (χ3n) is 6.25. The summed E-state index contributed by atoms with van der Waals surface area (Å²) in [5.41, 5.74) is 2.94. The summed E-state index contributed by atoms with van der Waals surface area (Å²) in [5, 5.41) is 0.604. The molecule has 1 aliphatic rings. The number of nitrogens with zero attached hydrogens (tertiary/aromatic N) is 2. The maximum atomic E-state index is 13.3. The Morgan fingerprint density at radius 3 is 2.39 bits per heavy atom. The Morgan fingerprint density at radius 1 is 1.09 bits per heavy atom. The second-order valence-corrected chi connectivity index (χ2v) is 9.28. The SMILES string of the molecule is C=CC(C)(C)c1cc(C=CC(=O)c2ccc(OC)cc2N2CCN(C)CC2)c(OC)cc1Cl. The number of hydrogen-bond acceptors (Lipinski definition) is 5. The molecule has 176 valence electrons. The predicted octanol–water partition coefficient (Wildman–Crippen LogP) is 5.47. The number of anilines is 1. The van der Waals surface area contributed by atoms with Crippen LogP contribution in [0.15, 0.2) is 49.1 Å². The lowest BCUT2D eigenvalue weighted by molar-refractivity contribution is 0.104. The normalized spacial score (nSPS) is 15.0. The Labute approximate surface area is 202 Å². The maximum Gasteiger partial charge on any atom is 0.187 e. The third-order valence-corrected chi connectivity index (χ3v) is 6.57. The summed E-state index contributed by atoms with van der Waals surface area (Å²) in [5.74, 6) is 1.27. The number of carbonyl (C=O) groups excluding carboxylic acids is 1. The monoisotopic (exact) mass is 468 g/mol. The minimum atomic E-state index is -0.319. The largest absolute Gasteiger partial charge is 0.497 e. The molecule has 1 fully saturated rings. The molecule has 6 heteroatoms. The van der Waals surface area contributed by atoms with Gasteiger partial charge in [0.15, 0.2) is 5.78 Å². The number of ether oxygens (including phenoxy) is 2. The smallest absolute Gasteiger partial charge is 0.187 e. The molecular weight excluding hydrogens is 436 g/mol. The summed E-state index contributed by atoms with van der Waals surface area (Å²) < 4.78 is 10.9. The maximum absolute atomic E-state index is 13.3. The van der Waals surface area contributed by atoms with E-state index in [-0.39, 0.29) is 11.2 Å². The van der Waals surface area contributed by atoms with E-state index in [1.54, 1.807) is 32.4 Å². The average molecular weight is 469 g/mol. The first kappa shape index (κ1) is 24.9. The summed E-state index contributed by atoms with van der Waals surface area (Å²) in [6, 6.07) is 9.36. The van der Waals surface area contributed by atoms with Crippen LogP contribution in [-0.2, 0) is 5.41 Å². The van der Waals surface area contributed by atoms with Gasteiger partial charge < -0.3 is 19.3 Å². The van der Waals surface area contributed by atoms with E-state index in [1.807, 2.05) is 44.2 Å². The molecule has 0 bridgehead atoms. The number of methoxy groups -OCH3 is 2. The van der Waals surface area contributed by atoms with Crippen LogP contribution in [0.2, 0.25) is 5.02 Å². The lowest BCUT2D eigenvalue weighted by atomic mass is 9.84. The number of halogens is 1. The number of likely N-dealkylation sites (N-methyl/N-ethyl adjacent to an activating group) is 1. The van der Waals surface area contributed by atoms with Crippen LogP contribution in [0.25, 0.3) is 6.08 Å². The van der Waals surface area contributed by atoms with Gasteiger partial charge in [0.05, 0.1) is 19.9 Å². The molecule has 2 aromatic carbocycles. The molecular formula is C27H33ClN2O3. The zero-order chi connectivity index (χ0) is 24.2. The minimum absolute atomic E-state index is 0.0758. The topological polar surface area (TPSA) is 42.0 Å². The first-order chi connectivity index (χ1) is 15.7. The van der Waals surface area contributed by atoms with E-state index in [0.717, 1.165) is 48.7 Å². The lowest BCUT2D eigenvalue weighted by Crippen LogP contribution is -2.45. The fourth-order valence-corrected chi connectivity index (χ4v) is 4.29. The molecule has 0 amide bonds. The second-order valence-electron chi connectivity index (χ2n) is 8.87. The minimum Gasteiger partial charge on any atom is -0.497 e. The number of ketones is 1. The molecule has 0 radical (unpaired) electrons. The van der Waals surface area contributed by atoms with Crippen LogP contribution in [0.5, 0.6) is 11.5 Å². The molecule has 33 heavy (non-hydrogen) atoms. The summed E-state index contributed by atoms with van der Waals surface area (Å²) in [4.78, 5) is 17.8. The van der Waals surface area contributed by atoms with Gasteiger partial charge >= 0.3 is 0 Å². The van der Waals surface area contributed by atoms with Crippen LogP contribution in [0.3, 0.4) is 0 Å². The number of carbonyl (C=O) groups is 1. The molecule has 0 N–H and O–H groups in total. The first-order valence-electron chi connectivity index (χ1n) is 11.1. The van der Waals surface area contributed by atoms with Crippen molar-refractivity contribution in [3.63, 3.8) is 0 Å². The van der Waals surface area contributed by atoms with Crippen LogP contribution in [0, 0.1) is 0 Å². The van der Waals surface area contributed by atoms with Crippen molar-refractivity contribution < 1.29 is 14.3 Å². The Balaban J connectivity index is 1.97. The van der Waals surface area contributed by atoms with Gasteiger partial charge in [0, 0.05) is 53.8 Å². The van der Waals surface area contributed by atoms with E-state index in [0.29, 0.717) is 16.3 Å². The quantitative estimate of drug-likeness (QED) is 0.292. The highest BCUT2D eigenvalue weighted by atomic mass is 35.5. The van der Waals surface area contributed by atoms with Crippen LogP contribution >= 0.6 is 11.6 Å². The van der Waals surface area contributed by atoms with Gasteiger partial charge in [0.2, 0.25) is 0 Å². The molecule has 0 saturated carbocycles. The Kier molecular flexibility index (Phi) is 7.88. The van der Waals surface area contributed by atoms with Crippen molar-refractivity contribution in [3.05, 3.63) is 70.8 Å². The standard InChI is InChI=1S/C27H33ClN2O3/c1-7-27(2,3)22-16-19(26(33-6)18-23(22)28)8-11-25(31)21-10-9-20(32-5)17-24(21)30-14-12-29(4)13-15-30/h7-11,16-18H,1,12-15H2,2-6H3. The van der Waals surface area contributed by atoms with E-state index in [9.17, 15) is 4.79 Å². The zero-order valence-electron chi connectivity index (χ0n) is 20.2. The molecule has 0 spiro atoms. The van der Waals surface area contributed by atoms with E-state index >= 15 is 0 Å². The first-order valence-corrected chi connectivity index (χ1v) is 11.4. The molecule has 3 rings (SSSR count). The molecule has 2 aromatic rings. The van der Waals surface area contributed by atoms with Gasteiger partial charge in [-0.3, -0.25) is 4.79 Å². The number of hydrogen-bond donors (Lipinski definition) is 0. The van der Waals surface area contributed by atoms with Gasteiger partial charge in [0.25, 0.3) is 0 Å². The molecule has 1 heterocycles. The predicted molar refractivity (Wildman–Crippen MR) is 137 cm³/mol. The van der Waals surface area contributed by atoms with E-state index in [1.165, 1.54) is 0 Å². The average Bonchev–Trinajstić information content (AvgIpc) is 2.82. The molecule has 0 aliphatic carbocycles. The van der Waals surface area contributed by atoms with Gasteiger partial charge in [-0.1, -0.05) is 31.5 Å². The summed E-state index contributed by atoms with van der Waals surface area (Å²) >= 11 is 6.51. The summed E-state index contributed by atoms with van der Waals surface area (Å²) in [6.07, 6.45) is 5.25. The number of rotatable bonds is 8. The number of benzene rings is 2. The van der Waals surface area contributed by atoms with E-state index in [4.69, 9.17) is 21.1 Å². The van der Waals surface area contributed by atoms with Gasteiger partial charge in [0.1, 0.15) is 11.5 Å². The van der Waals surface area contributed by atoms with Crippen LogP contribution < -0.4 is 14.4 Å². The van der Waals surface area contributed by atoms with Crippen LogP contribution in [0.1, 0.15) is 35.3 Å². The highest BCUT2D eigenvalue weighted by Gasteiger charge is 2.22. The van der Waals surface area contributed by atoms with Crippen molar-refractivity contribution in [3.8, 4) is 11.5 Å². The van der Waals surface area contributed by atoms with Crippen LogP contribution in [0.4, 0.5) is 5.69 Å². The number of allylic oxidation sites excluding steroid dienone is 2. The highest BCUT2D eigenvalue weighted by molar-refractivity contribution is 6.31. The van der Waals surface area contributed by atoms with Gasteiger partial charge in [-0.25, -0.2) is 0 Å². The molecule has 0 aromatic heterocycles. The van der Waals surface area contributed by atoms with Crippen molar-refractivity contribution >= 4 is 29.1 Å². The molecule has 5 nitrogen and oxygen atoms in total. The van der Waals surface area contributed by atoms with E-state index < -0.39 is 0 Å². The fraction of sp³-hybridized carbons (Fsp3) is 0.370. The van der Waals surface area contributed by atoms with Crippen LogP contribution in [-0.4, -0.2) is 58.1 Å². The zero-order valence-corrected chi connectivity index (χ0v) is 20.9. The Morgan fingerprint density at radius 2 is 1.79 bits per heavy atom. The molecule has 0 unspecified atom stereocenters. The van der Waals surface area contributed by atoms with Crippen molar-refractivity contribution in [2.75, 3.05) is 52.3 Å². The Hall–Kier alpha value is -2.76. The molecule has 0 atom stereocenters.